The lowest BCUT2D eigenvalue weighted by Crippen LogP contribution is -2.37. The van der Waals surface area contributed by atoms with Gasteiger partial charge in [-0.3, -0.25) is 4.99 Å². The second-order valence-electron chi connectivity index (χ2n) is 5.36. The van der Waals surface area contributed by atoms with E-state index in [0.717, 1.165) is 44.2 Å². The zero-order chi connectivity index (χ0) is 17.0. The minimum Gasteiger partial charge on any atom is -0.382 e. The number of nitrogens with zero attached hydrogens (tertiary/aromatic N) is 3. The van der Waals surface area contributed by atoms with Gasteiger partial charge in [0.05, 0.1) is 12.0 Å². The molecule has 2 N–H and O–H groups in total. The quantitative estimate of drug-likeness (QED) is 0.421. The summed E-state index contributed by atoms with van der Waals surface area (Å²) in [5, 5.41) is 6.70. The van der Waals surface area contributed by atoms with E-state index >= 15 is 0 Å². The molecular weight excluding hydrogens is 302 g/mol. The number of benzene rings is 1. The summed E-state index contributed by atoms with van der Waals surface area (Å²) in [6.07, 6.45) is 7.66. The summed E-state index contributed by atoms with van der Waals surface area (Å²) in [5.74, 6) is 0.812. The fourth-order valence-corrected chi connectivity index (χ4v) is 2.39. The summed E-state index contributed by atoms with van der Waals surface area (Å²) >= 11 is 0. The fourth-order valence-electron chi connectivity index (χ4n) is 2.39. The first-order valence-electron chi connectivity index (χ1n) is 8.43. The van der Waals surface area contributed by atoms with E-state index in [0.29, 0.717) is 6.54 Å². The molecule has 0 aliphatic rings. The van der Waals surface area contributed by atoms with Crippen molar-refractivity contribution in [2.45, 2.75) is 26.3 Å². The topological polar surface area (TPSA) is 63.5 Å². The minimum atomic E-state index is 0.701. The van der Waals surface area contributed by atoms with Gasteiger partial charge in [-0.05, 0) is 31.4 Å². The molecule has 1 heterocycles. The third-order valence-corrected chi connectivity index (χ3v) is 3.66. The number of aromatic nitrogens is 2. The fraction of sp³-hybridized carbons (Fsp3) is 0.444. The number of hydrogen-bond donors (Lipinski definition) is 2. The minimum absolute atomic E-state index is 0.701. The van der Waals surface area contributed by atoms with Crippen molar-refractivity contribution < 1.29 is 4.74 Å². The van der Waals surface area contributed by atoms with E-state index in [1.807, 2.05) is 36.1 Å². The number of para-hydroxylation sites is 1. The molecule has 0 aliphatic carbocycles. The summed E-state index contributed by atoms with van der Waals surface area (Å²) in [5.41, 5.74) is 2.31. The predicted molar refractivity (Wildman–Crippen MR) is 97.5 cm³/mol. The summed E-state index contributed by atoms with van der Waals surface area (Å²) in [7, 11) is 1.79. The molecule has 2 rings (SSSR count). The molecule has 1 aromatic carbocycles. The van der Waals surface area contributed by atoms with Gasteiger partial charge < -0.3 is 19.9 Å². The number of unbranched alkanes of at least 4 members (excludes halogenated alkanes) is 1. The van der Waals surface area contributed by atoms with E-state index in [9.17, 15) is 0 Å². The number of ether oxygens (including phenoxy) is 1. The first kappa shape index (κ1) is 18.0. The van der Waals surface area contributed by atoms with Crippen LogP contribution in [-0.2, 0) is 11.3 Å². The number of guanidine groups is 1. The maximum absolute atomic E-state index is 5.34. The van der Waals surface area contributed by atoms with Crippen LogP contribution in [0.3, 0.4) is 0 Å². The van der Waals surface area contributed by atoms with E-state index in [4.69, 9.17) is 4.74 Å². The van der Waals surface area contributed by atoms with Gasteiger partial charge in [-0.25, -0.2) is 4.98 Å². The molecule has 0 fully saturated rings. The van der Waals surface area contributed by atoms with Crippen LogP contribution in [0.25, 0.3) is 5.69 Å². The van der Waals surface area contributed by atoms with Crippen molar-refractivity contribution in [3.05, 3.63) is 48.5 Å². The Bertz CT molecular complexity index is 610. The molecule has 0 bridgehead atoms. The van der Waals surface area contributed by atoms with Gasteiger partial charge in [-0.2, -0.15) is 0 Å². The number of nitrogens with one attached hydrogen (secondary N) is 2. The maximum Gasteiger partial charge on any atom is 0.191 e. The number of rotatable bonds is 9. The molecule has 0 spiro atoms. The van der Waals surface area contributed by atoms with Crippen molar-refractivity contribution in [2.24, 2.45) is 4.99 Å². The first-order chi connectivity index (χ1) is 11.8. The molecule has 0 radical (unpaired) electrons. The van der Waals surface area contributed by atoms with Crippen LogP contribution in [0.5, 0.6) is 0 Å². The largest absolute Gasteiger partial charge is 0.382 e. The van der Waals surface area contributed by atoms with Crippen LogP contribution in [-0.4, -0.2) is 42.3 Å². The second kappa shape index (κ2) is 10.4. The molecule has 6 nitrogen and oxygen atoms in total. The highest BCUT2D eigenvalue weighted by molar-refractivity contribution is 5.79. The van der Waals surface area contributed by atoms with Gasteiger partial charge >= 0.3 is 0 Å². The van der Waals surface area contributed by atoms with Gasteiger partial charge in [0, 0.05) is 45.7 Å². The van der Waals surface area contributed by atoms with E-state index in [1.54, 1.807) is 13.2 Å². The lowest BCUT2D eigenvalue weighted by Gasteiger charge is -2.14. The summed E-state index contributed by atoms with van der Waals surface area (Å²) in [6, 6.07) is 8.27. The zero-order valence-corrected chi connectivity index (χ0v) is 14.5. The molecule has 0 atom stereocenters. The summed E-state index contributed by atoms with van der Waals surface area (Å²) in [6.45, 7) is 5.21. The highest BCUT2D eigenvalue weighted by Gasteiger charge is 2.04. The molecule has 24 heavy (non-hydrogen) atoms. The van der Waals surface area contributed by atoms with Crippen molar-refractivity contribution in [3.8, 4) is 5.69 Å². The Labute approximate surface area is 144 Å². The zero-order valence-electron chi connectivity index (χ0n) is 14.5. The number of hydrogen-bond acceptors (Lipinski definition) is 3. The van der Waals surface area contributed by atoms with E-state index in [-0.39, 0.29) is 0 Å². The molecule has 1 aromatic heterocycles. The highest BCUT2D eigenvalue weighted by atomic mass is 16.5. The first-order valence-corrected chi connectivity index (χ1v) is 8.43. The average Bonchev–Trinajstić information content (AvgIpc) is 3.15. The predicted octanol–water partition coefficient (Wildman–Crippen LogP) is 2.35. The molecule has 0 saturated heterocycles. The normalized spacial score (nSPS) is 11.5. The van der Waals surface area contributed by atoms with E-state index in [1.165, 1.54) is 5.56 Å². The molecular formula is C18H27N5O. The van der Waals surface area contributed by atoms with Crippen LogP contribution in [0, 0.1) is 0 Å². The van der Waals surface area contributed by atoms with Gasteiger partial charge in [-0.15, -0.1) is 0 Å². The SMILES string of the molecule is CCOCCCCNC(=NC)NCc1ccccc1-n1ccnc1. The molecule has 0 unspecified atom stereocenters. The van der Waals surface area contributed by atoms with Crippen LogP contribution >= 0.6 is 0 Å². The van der Waals surface area contributed by atoms with Crippen LogP contribution in [0.2, 0.25) is 0 Å². The molecule has 0 saturated carbocycles. The van der Waals surface area contributed by atoms with Gasteiger partial charge in [0.1, 0.15) is 0 Å². The Morgan fingerprint density at radius 2 is 2.12 bits per heavy atom. The molecule has 0 amide bonds. The van der Waals surface area contributed by atoms with E-state index < -0.39 is 0 Å². The Balaban J connectivity index is 1.81. The Morgan fingerprint density at radius 3 is 2.88 bits per heavy atom. The number of aliphatic imine (C=N–C) groups is 1. The lowest BCUT2D eigenvalue weighted by atomic mass is 10.1. The third-order valence-electron chi connectivity index (χ3n) is 3.66. The van der Waals surface area contributed by atoms with Gasteiger partial charge in [0.2, 0.25) is 0 Å². The van der Waals surface area contributed by atoms with E-state index in [2.05, 4.69) is 32.7 Å². The highest BCUT2D eigenvalue weighted by Crippen LogP contribution is 2.13. The lowest BCUT2D eigenvalue weighted by molar-refractivity contribution is 0.143. The second-order valence-corrected chi connectivity index (χ2v) is 5.36. The Morgan fingerprint density at radius 1 is 1.25 bits per heavy atom. The van der Waals surface area contributed by atoms with Gasteiger partial charge in [0.25, 0.3) is 0 Å². The van der Waals surface area contributed by atoms with Crippen LogP contribution in [0.1, 0.15) is 25.3 Å². The van der Waals surface area contributed by atoms with Crippen molar-refractivity contribution >= 4 is 5.96 Å². The number of imidazole rings is 1. The smallest absolute Gasteiger partial charge is 0.191 e. The standard InChI is InChI=1S/C18H27N5O/c1-3-24-13-7-6-10-21-18(19-2)22-14-16-8-4-5-9-17(16)23-12-11-20-15-23/h4-5,8-9,11-12,15H,3,6-7,10,13-14H2,1-2H3,(H2,19,21,22). The molecule has 6 heteroatoms. The Kier molecular flexibility index (Phi) is 7.83. The summed E-state index contributed by atoms with van der Waals surface area (Å²) < 4.78 is 7.35. The average molecular weight is 329 g/mol. The van der Waals surface area contributed by atoms with Crippen molar-refractivity contribution in [1.29, 1.82) is 0 Å². The van der Waals surface area contributed by atoms with Crippen molar-refractivity contribution in [3.63, 3.8) is 0 Å². The monoisotopic (exact) mass is 329 g/mol. The van der Waals surface area contributed by atoms with Crippen LogP contribution in [0.15, 0.2) is 48.0 Å². The third kappa shape index (κ3) is 5.70. The van der Waals surface area contributed by atoms with Gasteiger partial charge in [-0.1, -0.05) is 18.2 Å². The summed E-state index contributed by atoms with van der Waals surface area (Å²) in [4.78, 5) is 8.39. The van der Waals surface area contributed by atoms with Crippen LogP contribution < -0.4 is 10.6 Å². The molecule has 2 aromatic rings. The Hall–Kier alpha value is -2.34. The van der Waals surface area contributed by atoms with Crippen molar-refractivity contribution in [2.75, 3.05) is 26.8 Å². The molecule has 0 aliphatic heterocycles. The maximum atomic E-state index is 5.34. The molecule has 130 valence electrons. The van der Waals surface area contributed by atoms with Crippen LogP contribution in [0.4, 0.5) is 0 Å². The van der Waals surface area contributed by atoms with Gasteiger partial charge in [0.15, 0.2) is 5.96 Å². The van der Waals surface area contributed by atoms with Crippen molar-refractivity contribution in [1.82, 2.24) is 20.2 Å².